The van der Waals surface area contributed by atoms with Crippen molar-refractivity contribution >= 4 is 60.5 Å². The minimum Gasteiger partial charge on any atom is -0.232 e. The molecule has 0 saturated heterocycles. The highest BCUT2D eigenvalue weighted by Crippen LogP contribution is 2.33. The van der Waals surface area contributed by atoms with Crippen LogP contribution in [0.1, 0.15) is 0 Å². The van der Waals surface area contributed by atoms with Crippen molar-refractivity contribution in [3.63, 3.8) is 0 Å². The quantitative estimate of drug-likeness (QED) is 0.587. The van der Waals surface area contributed by atoms with E-state index < -0.39 is 0 Å². The van der Waals surface area contributed by atoms with E-state index in [9.17, 15) is 0 Å². The van der Waals surface area contributed by atoms with Gasteiger partial charge in [0, 0.05) is 15.9 Å². The van der Waals surface area contributed by atoms with Crippen LogP contribution in [0.15, 0.2) is 41.4 Å². The summed E-state index contributed by atoms with van der Waals surface area (Å²) in [6.45, 7) is 0. The monoisotopic (exact) mass is 312 g/mol. The molecule has 2 aromatic carbocycles. The highest BCUT2D eigenvalue weighted by molar-refractivity contribution is 7.66. The zero-order valence-electron chi connectivity index (χ0n) is 8.93. The van der Waals surface area contributed by atoms with Crippen LogP contribution >= 0.6 is 44.1 Å². The molecule has 90 valence electrons. The van der Waals surface area contributed by atoms with Crippen molar-refractivity contribution in [2.45, 2.75) is 0 Å². The molecule has 0 aliphatic carbocycles. The van der Waals surface area contributed by atoms with E-state index in [4.69, 9.17) is 23.2 Å². The van der Waals surface area contributed by atoms with Crippen molar-refractivity contribution in [1.29, 1.82) is 0 Å². The van der Waals surface area contributed by atoms with Crippen molar-refractivity contribution in [2.24, 2.45) is 4.99 Å². The Labute approximate surface area is 121 Å². The Morgan fingerprint density at radius 3 is 2.67 bits per heavy atom. The van der Waals surface area contributed by atoms with E-state index in [1.54, 1.807) is 0 Å². The fourth-order valence-corrected chi connectivity index (χ4v) is 3.85. The van der Waals surface area contributed by atoms with Gasteiger partial charge >= 0.3 is 0 Å². The molecule has 0 atom stereocenters. The van der Waals surface area contributed by atoms with Crippen molar-refractivity contribution in [1.82, 2.24) is 4.37 Å². The number of fused-ring (bicyclic) bond motifs is 1. The molecular formula is C12H6Cl2N2S2. The lowest BCUT2D eigenvalue weighted by molar-refractivity contribution is 1.39. The van der Waals surface area contributed by atoms with E-state index in [0.717, 1.165) is 16.5 Å². The molecule has 1 aromatic heterocycles. The van der Waals surface area contributed by atoms with Crippen molar-refractivity contribution in [2.75, 3.05) is 0 Å². The van der Waals surface area contributed by atoms with Crippen LogP contribution in [0.4, 0.5) is 5.69 Å². The lowest BCUT2D eigenvalue weighted by Gasteiger charge is -2.03. The number of hydrogen-bond donors (Lipinski definition) is 0. The molecule has 0 fully saturated rings. The molecule has 0 amide bonds. The number of rotatable bonds is 1. The van der Waals surface area contributed by atoms with Gasteiger partial charge in [0.25, 0.3) is 0 Å². The molecule has 1 heterocycles. The fraction of sp³-hybridized carbons (Fsp3) is 0. The van der Waals surface area contributed by atoms with Gasteiger partial charge in [-0.25, -0.2) is 4.99 Å². The summed E-state index contributed by atoms with van der Waals surface area (Å²) in [7, 11) is 2.75. The molecule has 0 radical (unpaired) electrons. The SMILES string of the molecule is Clc1ccc2ccccc2c1N=c1ssnc1Cl. The molecule has 18 heavy (non-hydrogen) atoms. The summed E-state index contributed by atoms with van der Waals surface area (Å²) in [4.78, 5) is 4.53. The zero-order chi connectivity index (χ0) is 12.5. The minimum absolute atomic E-state index is 0.425. The molecule has 3 rings (SSSR count). The molecular weight excluding hydrogens is 307 g/mol. The number of halogens is 2. The van der Waals surface area contributed by atoms with E-state index in [0.29, 0.717) is 14.8 Å². The van der Waals surface area contributed by atoms with Crippen molar-refractivity contribution in [3.05, 3.63) is 51.2 Å². The number of hydrogen-bond acceptors (Lipinski definition) is 4. The fourth-order valence-electron chi connectivity index (χ4n) is 1.67. The normalized spacial score (nSPS) is 12.2. The van der Waals surface area contributed by atoms with E-state index in [2.05, 4.69) is 9.37 Å². The highest BCUT2D eigenvalue weighted by atomic mass is 35.5. The molecule has 3 aromatic rings. The van der Waals surface area contributed by atoms with Gasteiger partial charge in [-0.3, -0.25) is 0 Å². The predicted molar refractivity (Wildman–Crippen MR) is 79.2 cm³/mol. The Balaban J connectivity index is 2.36. The maximum atomic E-state index is 6.22. The van der Waals surface area contributed by atoms with Crippen molar-refractivity contribution in [3.8, 4) is 0 Å². The smallest absolute Gasteiger partial charge is 0.179 e. The van der Waals surface area contributed by atoms with E-state index >= 15 is 0 Å². The second kappa shape index (κ2) is 4.97. The standard InChI is InChI=1S/C12H6Cl2N2S2/c13-9-6-5-7-3-1-2-4-8(7)10(9)15-12-11(14)16-18-17-12/h1-6H. The molecule has 0 bridgehead atoms. The first-order chi connectivity index (χ1) is 8.75. The summed E-state index contributed by atoms with van der Waals surface area (Å²) in [5, 5.41) is 3.15. The number of nitrogens with zero attached hydrogens (tertiary/aromatic N) is 2. The molecule has 2 nitrogen and oxygen atoms in total. The van der Waals surface area contributed by atoms with E-state index in [1.165, 1.54) is 20.9 Å². The van der Waals surface area contributed by atoms with Crippen LogP contribution in [0.5, 0.6) is 0 Å². The van der Waals surface area contributed by atoms with Crippen LogP contribution in [-0.4, -0.2) is 4.37 Å². The van der Waals surface area contributed by atoms with Crippen LogP contribution < -0.4 is 4.67 Å². The first kappa shape index (κ1) is 12.1. The maximum Gasteiger partial charge on any atom is 0.179 e. The van der Waals surface area contributed by atoms with Gasteiger partial charge in [-0.05, 0) is 21.8 Å². The van der Waals surface area contributed by atoms with E-state index in [1.807, 2.05) is 36.4 Å². The summed E-state index contributed by atoms with van der Waals surface area (Å²) < 4.78 is 4.71. The summed E-state index contributed by atoms with van der Waals surface area (Å²) in [6, 6.07) is 11.8. The average molecular weight is 313 g/mol. The minimum atomic E-state index is 0.425. The summed E-state index contributed by atoms with van der Waals surface area (Å²) in [5.41, 5.74) is 0.744. The third kappa shape index (κ3) is 2.17. The van der Waals surface area contributed by atoms with Crippen molar-refractivity contribution < 1.29 is 0 Å². The Morgan fingerprint density at radius 2 is 1.89 bits per heavy atom. The molecule has 6 heteroatoms. The van der Waals surface area contributed by atoms with Crippen LogP contribution in [0, 0.1) is 0 Å². The van der Waals surface area contributed by atoms with Crippen LogP contribution in [-0.2, 0) is 0 Å². The Hall–Kier alpha value is -0.940. The number of aromatic nitrogens is 1. The van der Waals surface area contributed by atoms with Gasteiger partial charge in [-0.15, -0.1) is 0 Å². The van der Waals surface area contributed by atoms with Gasteiger partial charge in [0.1, 0.15) is 0 Å². The van der Waals surface area contributed by atoms with E-state index in [-0.39, 0.29) is 0 Å². The topological polar surface area (TPSA) is 25.2 Å². The number of benzene rings is 2. The summed E-state index contributed by atoms with van der Waals surface area (Å²) in [5.74, 6) is 0. The third-order valence-electron chi connectivity index (χ3n) is 2.47. The molecule has 0 aliphatic rings. The Bertz CT molecular complexity index is 777. The van der Waals surface area contributed by atoms with Gasteiger partial charge in [0.2, 0.25) is 0 Å². The van der Waals surface area contributed by atoms with Gasteiger partial charge in [0.05, 0.1) is 10.7 Å². The Kier molecular flexibility index (Phi) is 3.35. The lowest BCUT2D eigenvalue weighted by atomic mass is 10.1. The van der Waals surface area contributed by atoms with Crippen LogP contribution in [0.25, 0.3) is 10.8 Å². The largest absolute Gasteiger partial charge is 0.232 e. The van der Waals surface area contributed by atoms with Gasteiger partial charge in [-0.1, -0.05) is 53.5 Å². The summed E-state index contributed by atoms with van der Waals surface area (Å²) in [6.07, 6.45) is 0. The first-order valence-corrected chi connectivity index (χ1v) is 7.95. The highest BCUT2D eigenvalue weighted by Gasteiger charge is 2.06. The predicted octanol–water partition coefficient (Wildman–Crippen LogP) is 4.90. The third-order valence-corrected chi connectivity index (χ3v) is 4.95. The Morgan fingerprint density at radius 1 is 1.06 bits per heavy atom. The lowest BCUT2D eigenvalue weighted by Crippen LogP contribution is -1.93. The van der Waals surface area contributed by atoms with Gasteiger partial charge < -0.3 is 0 Å². The maximum absolute atomic E-state index is 6.22. The average Bonchev–Trinajstić information content (AvgIpc) is 2.79. The molecule has 0 spiro atoms. The first-order valence-electron chi connectivity index (χ1n) is 5.09. The van der Waals surface area contributed by atoms with Gasteiger partial charge in [-0.2, -0.15) is 4.37 Å². The van der Waals surface area contributed by atoms with Crippen LogP contribution in [0.3, 0.4) is 0 Å². The summed E-state index contributed by atoms with van der Waals surface area (Å²) >= 11 is 12.2. The van der Waals surface area contributed by atoms with Crippen LogP contribution in [0.2, 0.25) is 10.2 Å². The molecule has 0 aliphatic heterocycles. The molecule has 0 saturated carbocycles. The zero-order valence-corrected chi connectivity index (χ0v) is 12.1. The second-order valence-corrected chi connectivity index (χ2v) is 6.17. The molecule has 0 N–H and O–H groups in total. The second-order valence-electron chi connectivity index (χ2n) is 3.57. The van der Waals surface area contributed by atoms with Gasteiger partial charge in [0.15, 0.2) is 9.82 Å². The molecule has 0 unspecified atom stereocenters.